The second kappa shape index (κ2) is 11.8. The number of hydrogen-bond donors (Lipinski definition) is 0. The molecule has 224 valence electrons. The Balaban J connectivity index is 1.32. The zero-order chi connectivity index (χ0) is 30.4. The molecule has 1 fully saturated rings. The predicted molar refractivity (Wildman–Crippen MR) is 194 cm³/mol. The molecule has 44 heavy (non-hydrogen) atoms. The molecule has 0 aliphatic heterocycles. The minimum Gasteiger partial charge on any atom is -0.0709 e. The Kier molecular flexibility index (Phi) is 7.87. The van der Waals surface area contributed by atoms with Crippen molar-refractivity contribution in [2.75, 3.05) is 0 Å². The van der Waals surface area contributed by atoms with Crippen LogP contribution in [0.2, 0.25) is 12.1 Å². The van der Waals surface area contributed by atoms with Crippen LogP contribution in [0.5, 0.6) is 0 Å². The molecule has 1 saturated carbocycles. The second-order valence-corrected chi connectivity index (χ2v) is 19.1. The summed E-state index contributed by atoms with van der Waals surface area (Å²) >= 11 is 0. The summed E-state index contributed by atoms with van der Waals surface area (Å²) in [6, 6.07) is 32.7. The van der Waals surface area contributed by atoms with Crippen molar-refractivity contribution in [1.82, 2.24) is 0 Å². The van der Waals surface area contributed by atoms with Gasteiger partial charge in [0, 0.05) is 0 Å². The first-order valence-electron chi connectivity index (χ1n) is 17.2. The minimum absolute atomic E-state index is 0.536. The van der Waals surface area contributed by atoms with Gasteiger partial charge in [-0.2, -0.15) is 0 Å². The summed E-state index contributed by atoms with van der Waals surface area (Å²) in [5.74, 6) is 1.07. The summed E-state index contributed by atoms with van der Waals surface area (Å²) in [5, 5.41) is 3.54. The van der Waals surface area contributed by atoms with Crippen LogP contribution in [0, 0.1) is 0 Å². The SMILES string of the molecule is CC(C)c1cccc(-c2cccc3c2C=C([Si](C)(C2=Cc4c(cccc4-c4cccc(C(C)C)c4)C2)C2CCCCC2)C3)c1. The molecule has 0 unspecified atom stereocenters. The molecule has 0 heterocycles. The van der Waals surface area contributed by atoms with Crippen LogP contribution >= 0.6 is 0 Å². The van der Waals surface area contributed by atoms with Gasteiger partial charge < -0.3 is 0 Å². The maximum Gasteiger partial charge on any atom is 0.109 e. The Labute approximate surface area is 267 Å². The fourth-order valence-corrected chi connectivity index (χ4v) is 13.5. The van der Waals surface area contributed by atoms with Crippen LogP contribution in [-0.4, -0.2) is 8.07 Å². The summed E-state index contributed by atoms with van der Waals surface area (Å²) in [7, 11) is -1.96. The van der Waals surface area contributed by atoms with E-state index >= 15 is 0 Å². The van der Waals surface area contributed by atoms with E-state index in [-0.39, 0.29) is 0 Å². The molecule has 7 rings (SSSR count). The molecule has 0 saturated heterocycles. The van der Waals surface area contributed by atoms with Gasteiger partial charge in [-0.15, -0.1) is 0 Å². The first-order chi connectivity index (χ1) is 21.3. The van der Waals surface area contributed by atoms with Crippen molar-refractivity contribution in [3.8, 4) is 22.3 Å². The molecule has 0 N–H and O–H groups in total. The largest absolute Gasteiger partial charge is 0.109 e. The fraction of sp³-hybridized carbons (Fsp3) is 0.349. The zero-order valence-corrected chi connectivity index (χ0v) is 28.4. The van der Waals surface area contributed by atoms with Crippen molar-refractivity contribution >= 4 is 20.2 Å². The van der Waals surface area contributed by atoms with E-state index in [0.29, 0.717) is 11.8 Å². The number of fused-ring (bicyclic) bond motifs is 2. The van der Waals surface area contributed by atoms with Crippen molar-refractivity contribution in [2.24, 2.45) is 0 Å². The lowest BCUT2D eigenvalue weighted by Gasteiger charge is -2.41. The molecule has 0 atom stereocenters. The van der Waals surface area contributed by atoms with Gasteiger partial charge in [-0.3, -0.25) is 0 Å². The van der Waals surface area contributed by atoms with Crippen LogP contribution in [0.4, 0.5) is 0 Å². The van der Waals surface area contributed by atoms with Crippen LogP contribution in [0.15, 0.2) is 95.3 Å². The molecular weight excluding hydrogens is 545 g/mol. The lowest BCUT2D eigenvalue weighted by atomic mass is 9.93. The van der Waals surface area contributed by atoms with Crippen molar-refractivity contribution < 1.29 is 0 Å². The molecule has 1 heteroatoms. The average molecular weight is 593 g/mol. The smallest absolute Gasteiger partial charge is 0.0709 e. The highest BCUT2D eigenvalue weighted by atomic mass is 28.3. The Morgan fingerprint density at radius 1 is 0.568 bits per heavy atom. The summed E-state index contributed by atoms with van der Waals surface area (Å²) < 4.78 is 0. The van der Waals surface area contributed by atoms with Gasteiger partial charge in [0.2, 0.25) is 0 Å². The van der Waals surface area contributed by atoms with Crippen LogP contribution in [-0.2, 0) is 12.8 Å². The van der Waals surface area contributed by atoms with E-state index in [9.17, 15) is 0 Å². The summed E-state index contributed by atoms with van der Waals surface area (Å²) in [4.78, 5) is 0. The van der Waals surface area contributed by atoms with Gasteiger partial charge in [0.1, 0.15) is 8.07 Å². The zero-order valence-electron chi connectivity index (χ0n) is 27.4. The van der Waals surface area contributed by atoms with E-state index in [0.717, 1.165) is 18.4 Å². The van der Waals surface area contributed by atoms with E-state index in [1.807, 2.05) is 0 Å². The third-order valence-corrected chi connectivity index (χ3v) is 16.8. The topological polar surface area (TPSA) is 0 Å². The molecule has 3 aliphatic rings. The lowest BCUT2D eigenvalue weighted by molar-refractivity contribution is 0.493. The Morgan fingerprint density at radius 3 is 1.48 bits per heavy atom. The lowest BCUT2D eigenvalue weighted by Crippen LogP contribution is -2.43. The van der Waals surface area contributed by atoms with E-state index in [4.69, 9.17) is 0 Å². The number of benzene rings is 4. The third kappa shape index (κ3) is 5.18. The normalized spacial score (nSPS) is 16.7. The van der Waals surface area contributed by atoms with Crippen molar-refractivity contribution in [3.05, 3.63) is 129 Å². The first-order valence-corrected chi connectivity index (χ1v) is 19.8. The van der Waals surface area contributed by atoms with E-state index in [1.54, 1.807) is 10.4 Å². The first kappa shape index (κ1) is 29.3. The van der Waals surface area contributed by atoms with Gasteiger partial charge in [-0.1, -0.05) is 174 Å². The molecular formula is C43H48Si. The Hall–Kier alpha value is -3.42. The molecule has 0 spiro atoms. The highest BCUT2D eigenvalue weighted by Crippen LogP contribution is 2.51. The van der Waals surface area contributed by atoms with Crippen LogP contribution < -0.4 is 0 Å². The Bertz CT molecular complexity index is 1640. The van der Waals surface area contributed by atoms with Gasteiger partial charge in [0.25, 0.3) is 0 Å². The highest BCUT2D eigenvalue weighted by Gasteiger charge is 2.46. The number of allylic oxidation sites excluding steroid dienone is 2. The molecule has 0 amide bonds. The van der Waals surface area contributed by atoms with Crippen LogP contribution in [0.3, 0.4) is 0 Å². The number of hydrogen-bond acceptors (Lipinski definition) is 0. The highest BCUT2D eigenvalue weighted by molar-refractivity contribution is 6.94. The van der Waals surface area contributed by atoms with Crippen LogP contribution in [0.25, 0.3) is 34.4 Å². The summed E-state index contributed by atoms with van der Waals surface area (Å²) in [6.07, 6.45) is 14.6. The maximum atomic E-state index is 2.76. The van der Waals surface area contributed by atoms with Crippen LogP contribution in [0.1, 0.15) is 105 Å². The third-order valence-electron chi connectivity index (χ3n) is 11.3. The average Bonchev–Trinajstić information content (AvgIpc) is 3.70. The molecule has 0 radical (unpaired) electrons. The van der Waals surface area contributed by atoms with Gasteiger partial charge in [-0.05, 0) is 85.9 Å². The molecule has 0 nitrogen and oxygen atoms in total. The van der Waals surface area contributed by atoms with Gasteiger partial charge in [0.15, 0.2) is 0 Å². The summed E-state index contributed by atoms with van der Waals surface area (Å²) in [5.41, 5.74) is 15.3. The second-order valence-electron chi connectivity index (χ2n) is 14.5. The predicted octanol–water partition coefficient (Wildman–Crippen LogP) is 12.3. The standard InChI is InChI=1S/C43H48Si/c1-29(2)31-13-9-15-33(23-31)40-21-11-17-35-25-38(27-42(35)40)44(5,37-19-7-6-8-20-37)39-26-36-18-12-22-41(43(36)28-39)34-16-10-14-32(24-34)30(3)4/h9-18,21-24,27-30,37H,6-8,19-20,25-26H2,1-5H3. The molecule has 3 aliphatic carbocycles. The van der Waals surface area contributed by atoms with E-state index in [2.05, 4.69) is 131 Å². The molecule has 4 aromatic rings. The summed E-state index contributed by atoms with van der Waals surface area (Å²) in [6.45, 7) is 12.0. The van der Waals surface area contributed by atoms with E-state index in [1.165, 1.54) is 87.7 Å². The van der Waals surface area contributed by atoms with Gasteiger partial charge in [-0.25, -0.2) is 0 Å². The van der Waals surface area contributed by atoms with Gasteiger partial charge >= 0.3 is 0 Å². The Morgan fingerprint density at radius 2 is 1.02 bits per heavy atom. The molecule has 0 bridgehead atoms. The monoisotopic (exact) mass is 592 g/mol. The number of rotatable bonds is 7. The quantitative estimate of drug-likeness (QED) is 0.187. The molecule has 0 aromatic heterocycles. The maximum absolute atomic E-state index is 2.76. The van der Waals surface area contributed by atoms with Crippen molar-refractivity contribution in [2.45, 2.75) is 96.6 Å². The molecule has 4 aromatic carbocycles. The van der Waals surface area contributed by atoms with Gasteiger partial charge in [0.05, 0.1) is 0 Å². The van der Waals surface area contributed by atoms with Crippen molar-refractivity contribution in [3.63, 3.8) is 0 Å². The van der Waals surface area contributed by atoms with Crippen molar-refractivity contribution in [1.29, 1.82) is 0 Å². The van der Waals surface area contributed by atoms with E-state index < -0.39 is 8.07 Å². The fourth-order valence-electron chi connectivity index (χ4n) is 8.45. The minimum atomic E-state index is -1.96.